The van der Waals surface area contributed by atoms with E-state index in [0.717, 1.165) is 24.5 Å². The zero-order chi connectivity index (χ0) is 13.1. The summed E-state index contributed by atoms with van der Waals surface area (Å²) in [6, 6.07) is 2.31. The van der Waals surface area contributed by atoms with Gasteiger partial charge in [0.25, 0.3) is 0 Å². The van der Waals surface area contributed by atoms with E-state index in [1.54, 1.807) is 6.20 Å². The minimum Gasteiger partial charge on any atom is -0.389 e. The summed E-state index contributed by atoms with van der Waals surface area (Å²) in [5.74, 6) is 0.828. The summed E-state index contributed by atoms with van der Waals surface area (Å²) in [5.41, 5.74) is 6.58. The molecule has 98 valence electrons. The Labute approximate surface area is 113 Å². The molecule has 5 nitrogen and oxygen atoms in total. The molecule has 6 heteroatoms. The molecule has 0 aliphatic carbocycles. The van der Waals surface area contributed by atoms with Crippen molar-refractivity contribution in [2.45, 2.75) is 18.9 Å². The molecular formula is C12H19N5S. The zero-order valence-corrected chi connectivity index (χ0v) is 11.7. The Bertz CT molecular complexity index is 434. The Kier molecular flexibility index (Phi) is 4.08. The molecule has 1 atom stereocenters. The molecule has 0 radical (unpaired) electrons. The number of nitrogens with two attached hydrogens (primary N) is 1. The molecular weight excluding hydrogens is 246 g/mol. The molecule has 1 aliphatic heterocycles. The summed E-state index contributed by atoms with van der Waals surface area (Å²) < 4.78 is 0. The molecule has 0 aromatic carbocycles. The summed E-state index contributed by atoms with van der Waals surface area (Å²) in [6.07, 6.45) is 3.98. The predicted octanol–water partition coefficient (Wildman–Crippen LogP) is 0.641. The lowest BCUT2D eigenvalue weighted by Crippen LogP contribution is -2.39. The summed E-state index contributed by atoms with van der Waals surface area (Å²) >= 11 is 5.08. The maximum absolute atomic E-state index is 5.76. The first kappa shape index (κ1) is 13.2. The first-order chi connectivity index (χ1) is 8.59. The third kappa shape index (κ3) is 2.76. The Morgan fingerprint density at radius 1 is 1.61 bits per heavy atom. The topological polar surface area (TPSA) is 58.3 Å². The van der Waals surface area contributed by atoms with Gasteiger partial charge in [-0.2, -0.15) is 5.10 Å². The molecule has 1 aromatic heterocycles. The minimum atomic E-state index is 0.385. The summed E-state index contributed by atoms with van der Waals surface area (Å²) in [5, 5.41) is 8.19. The Balaban J connectivity index is 2.27. The van der Waals surface area contributed by atoms with Crippen LogP contribution in [0.3, 0.4) is 0 Å². The van der Waals surface area contributed by atoms with Crippen LogP contribution in [0, 0.1) is 0 Å². The smallest absolute Gasteiger partial charge is 0.161 e. The van der Waals surface area contributed by atoms with Crippen molar-refractivity contribution in [3.63, 3.8) is 0 Å². The molecule has 1 unspecified atom stereocenters. The van der Waals surface area contributed by atoms with Crippen LogP contribution in [0.1, 0.15) is 18.4 Å². The van der Waals surface area contributed by atoms with E-state index in [2.05, 4.69) is 34.1 Å². The van der Waals surface area contributed by atoms with E-state index < -0.39 is 0 Å². The van der Waals surface area contributed by atoms with E-state index in [1.807, 2.05) is 6.07 Å². The molecule has 1 fully saturated rings. The third-order valence-electron chi connectivity index (χ3n) is 3.19. The van der Waals surface area contributed by atoms with Gasteiger partial charge in [0.15, 0.2) is 5.82 Å². The van der Waals surface area contributed by atoms with Gasteiger partial charge in [-0.15, -0.1) is 5.10 Å². The van der Waals surface area contributed by atoms with Crippen LogP contribution in [0.4, 0.5) is 5.82 Å². The largest absolute Gasteiger partial charge is 0.389 e. The number of nitrogens with zero attached hydrogens (tertiary/aromatic N) is 4. The van der Waals surface area contributed by atoms with Crippen LogP contribution in [0.25, 0.3) is 0 Å². The van der Waals surface area contributed by atoms with Crippen LogP contribution in [-0.2, 0) is 0 Å². The summed E-state index contributed by atoms with van der Waals surface area (Å²) in [7, 11) is 4.17. The van der Waals surface area contributed by atoms with Gasteiger partial charge in [-0.3, -0.25) is 0 Å². The summed E-state index contributed by atoms with van der Waals surface area (Å²) in [4.78, 5) is 4.86. The standard InChI is InChI=1S/C12H19N5S/c1-16(2)8-9-4-3-7-17(9)12-10(11(13)18)5-6-14-15-12/h5-6,9H,3-4,7-8H2,1-2H3,(H2,13,18). The van der Waals surface area contributed by atoms with E-state index in [4.69, 9.17) is 18.0 Å². The van der Waals surface area contributed by atoms with Crippen molar-refractivity contribution in [2.24, 2.45) is 5.73 Å². The number of anilines is 1. The van der Waals surface area contributed by atoms with Crippen molar-refractivity contribution in [2.75, 3.05) is 32.1 Å². The van der Waals surface area contributed by atoms with Crippen molar-refractivity contribution >= 4 is 23.0 Å². The van der Waals surface area contributed by atoms with Crippen LogP contribution >= 0.6 is 12.2 Å². The number of hydrogen-bond acceptors (Lipinski definition) is 5. The second kappa shape index (κ2) is 5.58. The first-order valence-electron chi connectivity index (χ1n) is 6.12. The SMILES string of the molecule is CN(C)CC1CCCN1c1nnccc1C(N)=S. The molecule has 0 amide bonds. The van der Waals surface area contributed by atoms with Crippen molar-refractivity contribution in [3.05, 3.63) is 17.8 Å². The van der Waals surface area contributed by atoms with Gasteiger partial charge >= 0.3 is 0 Å². The quantitative estimate of drug-likeness (QED) is 0.806. The van der Waals surface area contributed by atoms with Gasteiger partial charge in [-0.25, -0.2) is 0 Å². The zero-order valence-electron chi connectivity index (χ0n) is 10.8. The van der Waals surface area contributed by atoms with Gasteiger partial charge in [-0.05, 0) is 33.0 Å². The molecule has 0 bridgehead atoms. The molecule has 2 heterocycles. The van der Waals surface area contributed by atoms with Crippen LogP contribution in [0.5, 0.6) is 0 Å². The number of likely N-dealkylation sites (N-methyl/N-ethyl adjacent to an activating group) is 1. The predicted molar refractivity (Wildman–Crippen MR) is 76.8 cm³/mol. The average molecular weight is 265 g/mol. The van der Waals surface area contributed by atoms with E-state index >= 15 is 0 Å². The highest BCUT2D eigenvalue weighted by Crippen LogP contribution is 2.26. The van der Waals surface area contributed by atoms with E-state index in [9.17, 15) is 0 Å². The Morgan fingerprint density at radius 3 is 3.06 bits per heavy atom. The van der Waals surface area contributed by atoms with Crippen molar-refractivity contribution in [1.29, 1.82) is 0 Å². The number of thiocarbonyl (C=S) groups is 1. The third-order valence-corrected chi connectivity index (χ3v) is 3.41. The first-order valence-corrected chi connectivity index (χ1v) is 6.53. The van der Waals surface area contributed by atoms with Gasteiger partial charge in [0, 0.05) is 19.1 Å². The fourth-order valence-electron chi connectivity index (χ4n) is 2.45. The van der Waals surface area contributed by atoms with Crippen molar-refractivity contribution in [3.8, 4) is 0 Å². The molecule has 1 aromatic rings. The van der Waals surface area contributed by atoms with Crippen molar-refractivity contribution in [1.82, 2.24) is 15.1 Å². The van der Waals surface area contributed by atoms with E-state index in [-0.39, 0.29) is 0 Å². The van der Waals surface area contributed by atoms with Crippen LogP contribution in [0.2, 0.25) is 0 Å². The molecule has 1 aliphatic rings. The number of hydrogen-bond donors (Lipinski definition) is 1. The van der Waals surface area contributed by atoms with Gasteiger partial charge < -0.3 is 15.5 Å². The van der Waals surface area contributed by atoms with Gasteiger partial charge in [0.05, 0.1) is 11.8 Å². The highest BCUT2D eigenvalue weighted by atomic mass is 32.1. The second-order valence-electron chi connectivity index (χ2n) is 4.88. The maximum Gasteiger partial charge on any atom is 0.161 e. The lowest BCUT2D eigenvalue weighted by molar-refractivity contribution is 0.371. The lowest BCUT2D eigenvalue weighted by Gasteiger charge is -2.28. The molecule has 18 heavy (non-hydrogen) atoms. The molecule has 0 saturated carbocycles. The highest BCUT2D eigenvalue weighted by Gasteiger charge is 2.28. The van der Waals surface area contributed by atoms with Crippen LogP contribution in [0.15, 0.2) is 12.3 Å². The lowest BCUT2D eigenvalue weighted by atomic mass is 10.2. The average Bonchev–Trinajstić information content (AvgIpc) is 2.76. The van der Waals surface area contributed by atoms with Crippen LogP contribution < -0.4 is 10.6 Å². The van der Waals surface area contributed by atoms with Gasteiger partial charge in [-0.1, -0.05) is 12.2 Å². The van der Waals surface area contributed by atoms with E-state index in [0.29, 0.717) is 11.0 Å². The van der Waals surface area contributed by atoms with Gasteiger partial charge in [0.2, 0.25) is 0 Å². The van der Waals surface area contributed by atoms with E-state index in [1.165, 1.54) is 12.8 Å². The Morgan fingerprint density at radius 2 is 2.39 bits per heavy atom. The van der Waals surface area contributed by atoms with Gasteiger partial charge in [0.1, 0.15) is 4.99 Å². The normalized spacial score (nSPS) is 19.5. The fourth-order valence-corrected chi connectivity index (χ4v) is 2.61. The number of aromatic nitrogens is 2. The molecule has 2 rings (SSSR count). The van der Waals surface area contributed by atoms with Crippen LogP contribution in [-0.4, -0.2) is 53.3 Å². The highest BCUT2D eigenvalue weighted by molar-refractivity contribution is 7.80. The fraction of sp³-hybridized carbons (Fsp3) is 0.583. The Hall–Kier alpha value is -1.27. The summed E-state index contributed by atoms with van der Waals surface area (Å²) in [6.45, 7) is 2.00. The molecule has 1 saturated heterocycles. The maximum atomic E-state index is 5.76. The minimum absolute atomic E-state index is 0.385. The number of rotatable bonds is 4. The second-order valence-corrected chi connectivity index (χ2v) is 5.32. The monoisotopic (exact) mass is 265 g/mol. The molecule has 0 spiro atoms. The van der Waals surface area contributed by atoms with Crippen molar-refractivity contribution < 1.29 is 0 Å². The molecule has 2 N–H and O–H groups in total.